The number of carbonyl (C=O) groups excluding carboxylic acids is 1. The summed E-state index contributed by atoms with van der Waals surface area (Å²) in [5, 5.41) is 4.21. The predicted molar refractivity (Wildman–Crippen MR) is 124 cm³/mol. The monoisotopic (exact) mass is 477 g/mol. The molecule has 0 unspecified atom stereocenters. The van der Waals surface area contributed by atoms with Crippen LogP contribution in [0.4, 0.5) is 10.1 Å². The van der Waals surface area contributed by atoms with Gasteiger partial charge in [0.2, 0.25) is 0 Å². The van der Waals surface area contributed by atoms with Crippen molar-refractivity contribution in [1.29, 1.82) is 0 Å². The maximum absolute atomic E-state index is 13.5. The van der Waals surface area contributed by atoms with Gasteiger partial charge in [0.25, 0.3) is 15.9 Å². The van der Waals surface area contributed by atoms with E-state index in [0.717, 1.165) is 60.7 Å². The lowest BCUT2D eigenvalue weighted by Gasteiger charge is -2.24. The molecule has 0 aromatic heterocycles. The van der Waals surface area contributed by atoms with Crippen LogP contribution < -0.4 is 19.2 Å². The van der Waals surface area contributed by atoms with Crippen LogP contribution in [-0.4, -0.2) is 40.8 Å². The van der Waals surface area contributed by atoms with E-state index in [1.165, 1.54) is 44.6 Å². The molecule has 178 valence electrons. The molecular formula is C23H28FN3O5S. The van der Waals surface area contributed by atoms with Crippen molar-refractivity contribution in [2.75, 3.05) is 25.1 Å². The van der Waals surface area contributed by atoms with Crippen molar-refractivity contribution in [3.63, 3.8) is 0 Å². The highest BCUT2D eigenvalue weighted by atomic mass is 32.2. The SMILES string of the molecule is COc1ccc(S(=O)(=O)N(CC(=O)NN=C2CCCCCC2)c2ccc(F)cc2)cc1OC. The van der Waals surface area contributed by atoms with E-state index in [0.29, 0.717) is 5.75 Å². The molecule has 1 amide bonds. The molecule has 2 aromatic rings. The number of hydrazone groups is 1. The number of benzene rings is 2. The van der Waals surface area contributed by atoms with Gasteiger partial charge in [-0.15, -0.1) is 0 Å². The maximum atomic E-state index is 13.5. The Labute approximate surface area is 193 Å². The number of carbonyl (C=O) groups is 1. The van der Waals surface area contributed by atoms with Crippen molar-refractivity contribution in [2.24, 2.45) is 5.10 Å². The van der Waals surface area contributed by atoms with Crippen molar-refractivity contribution in [3.05, 3.63) is 48.3 Å². The summed E-state index contributed by atoms with van der Waals surface area (Å²) in [6, 6.07) is 9.01. The van der Waals surface area contributed by atoms with Gasteiger partial charge in [0.15, 0.2) is 11.5 Å². The molecule has 2 aromatic carbocycles. The first kappa shape index (κ1) is 24.5. The molecule has 0 saturated heterocycles. The number of sulfonamides is 1. The van der Waals surface area contributed by atoms with Gasteiger partial charge < -0.3 is 9.47 Å². The van der Waals surface area contributed by atoms with Gasteiger partial charge in [-0.3, -0.25) is 9.10 Å². The highest BCUT2D eigenvalue weighted by Gasteiger charge is 2.28. The van der Waals surface area contributed by atoms with Gasteiger partial charge in [-0.1, -0.05) is 12.8 Å². The molecule has 3 rings (SSSR count). The number of hydrogen-bond acceptors (Lipinski definition) is 6. The minimum Gasteiger partial charge on any atom is -0.493 e. The van der Waals surface area contributed by atoms with E-state index in [1.54, 1.807) is 0 Å². The van der Waals surface area contributed by atoms with Crippen LogP contribution in [0.2, 0.25) is 0 Å². The van der Waals surface area contributed by atoms with Crippen molar-refractivity contribution >= 4 is 27.3 Å². The molecule has 10 heteroatoms. The highest BCUT2D eigenvalue weighted by molar-refractivity contribution is 7.92. The number of halogens is 1. The normalized spacial score (nSPS) is 14.2. The molecule has 0 atom stereocenters. The summed E-state index contributed by atoms with van der Waals surface area (Å²) in [6.45, 7) is -0.529. The third-order valence-corrected chi connectivity index (χ3v) is 7.13. The van der Waals surface area contributed by atoms with E-state index < -0.39 is 28.3 Å². The Morgan fingerprint density at radius 1 is 1.00 bits per heavy atom. The second-order valence-corrected chi connectivity index (χ2v) is 9.49. The minimum absolute atomic E-state index is 0.104. The largest absolute Gasteiger partial charge is 0.493 e. The van der Waals surface area contributed by atoms with Gasteiger partial charge in [0, 0.05) is 11.8 Å². The molecule has 8 nitrogen and oxygen atoms in total. The predicted octanol–water partition coefficient (Wildman–Crippen LogP) is 3.86. The molecule has 1 aliphatic rings. The molecule has 1 saturated carbocycles. The van der Waals surface area contributed by atoms with Gasteiger partial charge in [-0.05, 0) is 62.1 Å². The first-order valence-corrected chi connectivity index (χ1v) is 12.1. The van der Waals surface area contributed by atoms with Crippen LogP contribution in [0.3, 0.4) is 0 Å². The van der Waals surface area contributed by atoms with Crippen LogP contribution in [-0.2, 0) is 14.8 Å². The van der Waals surface area contributed by atoms with Crippen LogP contribution in [0, 0.1) is 5.82 Å². The van der Waals surface area contributed by atoms with Gasteiger partial charge >= 0.3 is 0 Å². The third kappa shape index (κ3) is 6.22. The van der Waals surface area contributed by atoms with E-state index >= 15 is 0 Å². The van der Waals surface area contributed by atoms with Crippen LogP contribution in [0.25, 0.3) is 0 Å². The molecule has 0 bridgehead atoms. The van der Waals surface area contributed by atoms with Crippen LogP contribution in [0.5, 0.6) is 11.5 Å². The zero-order valence-corrected chi connectivity index (χ0v) is 19.5. The van der Waals surface area contributed by atoms with E-state index in [4.69, 9.17) is 9.47 Å². The Balaban J connectivity index is 1.90. The second kappa shape index (κ2) is 11.1. The topological polar surface area (TPSA) is 97.3 Å². The summed E-state index contributed by atoms with van der Waals surface area (Å²) in [5.74, 6) is -0.532. The van der Waals surface area contributed by atoms with Crippen molar-refractivity contribution in [2.45, 2.75) is 43.4 Å². The summed E-state index contributed by atoms with van der Waals surface area (Å²) in [4.78, 5) is 12.6. The number of amides is 1. The Kier molecular flexibility index (Phi) is 8.26. The zero-order valence-electron chi connectivity index (χ0n) is 18.7. The number of hydrogen-bond donors (Lipinski definition) is 1. The molecule has 1 aliphatic carbocycles. The van der Waals surface area contributed by atoms with Crippen LogP contribution >= 0.6 is 0 Å². The zero-order chi connectivity index (χ0) is 23.8. The van der Waals surface area contributed by atoms with Gasteiger partial charge in [0.05, 0.1) is 24.8 Å². The van der Waals surface area contributed by atoms with Crippen molar-refractivity contribution in [1.82, 2.24) is 5.43 Å². The average molecular weight is 478 g/mol. The molecule has 1 fully saturated rings. The lowest BCUT2D eigenvalue weighted by Crippen LogP contribution is -2.39. The number of anilines is 1. The molecule has 0 radical (unpaired) electrons. The van der Waals surface area contributed by atoms with Crippen molar-refractivity contribution in [3.8, 4) is 11.5 Å². The summed E-state index contributed by atoms with van der Waals surface area (Å²) in [5.41, 5.74) is 3.52. The number of methoxy groups -OCH3 is 2. The van der Waals surface area contributed by atoms with E-state index in [-0.39, 0.29) is 16.3 Å². The smallest absolute Gasteiger partial charge is 0.264 e. The van der Waals surface area contributed by atoms with Gasteiger partial charge in [0.1, 0.15) is 12.4 Å². The number of ether oxygens (including phenoxy) is 2. The molecule has 33 heavy (non-hydrogen) atoms. The van der Waals surface area contributed by atoms with Crippen LogP contribution in [0.15, 0.2) is 52.5 Å². The van der Waals surface area contributed by atoms with Crippen LogP contribution in [0.1, 0.15) is 38.5 Å². The average Bonchev–Trinajstić information content (AvgIpc) is 3.10. The maximum Gasteiger partial charge on any atom is 0.264 e. The van der Waals surface area contributed by atoms with Crippen molar-refractivity contribution < 1.29 is 27.1 Å². The fourth-order valence-electron chi connectivity index (χ4n) is 3.58. The minimum atomic E-state index is -4.20. The van der Waals surface area contributed by atoms with Gasteiger partial charge in [-0.25, -0.2) is 18.2 Å². The second-order valence-electron chi connectivity index (χ2n) is 7.63. The first-order chi connectivity index (χ1) is 15.8. The fourth-order valence-corrected chi connectivity index (χ4v) is 5.02. The summed E-state index contributed by atoms with van der Waals surface area (Å²) in [7, 11) is -1.37. The Bertz CT molecular complexity index is 1090. The number of rotatable bonds is 8. The van der Waals surface area contributed by atoms with E-state index in [9.17, 15) is 17.6 Å². The molecule has 0 heterocycles. The standard InChI is InChI=1S/C23H28FN3O5S/c1-31-21-14-13-20(15-22(21)32-2)33(29,30)27(19-11-9-17(24)10-12-19)16-23(28)26-25-18-7-5-3-4-6-8-18/h9-15H,3-8,16H2,1-2H3,(H,26,28). The fraction of sp³-hybridized carbons (Fsp3) is 0.391. The number of nitrogens with one attached hydrogen (secondary N) is 1. The lowest BCUT2D eigenvalue weighted by atomic mass is 10.2. The first-order valence-electron chi connectivity index (χ1n) is 10.7. The molecule has 1 N–H and O–H groups in total. The van der Waals surface area contributed by atoms with E-state index in [1.807, 2.05) is 0 Å². The van der Waals surface area contributed by atoms with E-state index in [2.05, 4.69) is 10.5 Å². The summed E-state index contributed by atoms with van der Waals surface area (Å²) >= 11 is 0. The van der Waals surface area contributed by atoms with Gasteiger partial charge in [-0.2, -0.15) is 5.10 Å². The molecule has 0 aliphatic heterocycles. The lowest BCUT2D eigenvalue weighted by molar-refractivity contribution is -0.119. The number of nitrogens with zero attached hydrogens (tertiary/aromatic N) is 2. The Morgan fingerprint density at radius 3 is 2.24 bits per heavy atom. The highest BCUT2D eigenvalue weighted by Crippen LogP contribution is 2.32. The molecular weight excluding hydrogens is 449 g/mol. The summed E-state index contributed by atoms with van der Waals surface area (Å²) < 4.78 is 51.8. The third-order valence-electron chi connectivity index (χ3n) is 5.36. The Hall–Kier alpha value is -3.14. The quantitative estimate of drug-likeness (QED) is 0.460. The molecule has 0 spiro atoms. The summed E-state index contributed by atoms with van der Waals surface area (Å²) in [6.07, 6.45) is 5.93. The Morgan fingerprint density at radius 2 is 1.64 bits per heavy atom.